The van der Waals surface area contributed by atoms with Crippen LogP contribution in [0.2, 0.25) is 0 Å². The molecule has 3 aliphatic rings. The monoisotopic (exact) mass is 340 g/mol. The highest BCUT2D eigenvalue weighted by atomic mass is 16.5. The average molecular weight is 340 g/mol. The van der Waals surface area contributed by atoms with Crippen LogP contribution in [0.1, 0.15) is 56.8 Å². The number of hydrogen-bond donors (Lipinski definition) is 0. The van der Waals surface area contributed by atoms with Crippen molar-refractivity contribution in [1.29, 1.82) is 0 Å². The van der Waals surface area contributed by atoms with Crippen molar-refractivity contribution in [2.24, 2.45) is 5.92 Å². The Morgan fingerprint density at radius 1 is 1.24 bits per heavy atom. The van der Waals surface area contributed by atoms with Crippen molar-refractivity contribution in [3.05, 3.63) is 41.5 Å². The summed E-state index contributed by atoms with van der Waals surface area (Å²) in [6.07, 6.45) is 4.61. The molecule has 3 fully saturated rings. The van der Waals surface area contributed by atoms with Crippen molar-refractivity contribution in [1.82, 2.24) is 10.1 Å². The van der Waals surface area contributed by atoms with Crippen LogP contribution in [0.4, 0.5) is 0 Å². The fraction of sp³-hybridized carbons (Fsp3) is 0.600. The van der Waals surface area contributed by atoms with Gasteiger partial charge in [-0.3, -0.25) is 0 Å². The van der Waals surface area contributed by atoms with Gasteiger partial charge in [0.05, 0.1) is 30.1 Å². The summed E-state index contributed by atoms with van der Waals surface area (Å²) >= 11 is 0. The van der Waals surface area contributed by atoms with E-state index >= 15 is 0 Å². The molecule has 1 aliphatic heterocycles. The van der Waals surface area contributed by atoms with Crippen LogP contribution >= 0.6 is 0 Å². The van der Waals surface area contributed by atoms with E-state index in [0.29, 0.717) is 11.7 Å². The fourth-order valence-electron chi connectivity index (χ4n) is 4.96. The van der Waals surface area contributed by atoms with Crippen LogP contribution in [-0.2, 0) is 15.6 Å². The SMILES string of the molecule is COc1ccccc1C(C)(C)c1noc([C@]23C[C@H]2COC32CCC2)n1. The number of hydrogen-bond acceptors (Lipinski definition) is 5. The van der Waals surface area contributed by atoms with E-state index in [0.717, 1.165) is 43.1 Å². The summed E-state index contributed by atoms with van der Waals surface area (Å²) in [5.41, 5.74) is 0.626. The Hall–Kier alpha value is -1.88. The van der Waals surface area contributed by atoms with E-state index in [4.69, 9.17) is 19.0 Å². The highest BCUT2D eigenvalue weighted by Crippen LogP contribution is 2.71. The van der Waals surface area contributed by atoms with Crippen molar-refractivity contribution in [3.63, 3.8) is 0 Å². The van der Waals surface area contributed by atoms with Crippen LogP contribution in [0, 0.1) is 5.92 Å². The van der Waals surface area contributed by atoms with E-state index in [1.807, 2.05) is 18.2 Å². The molecule has 0 bridgehead atoms. The highest BCUT2D eigenvalue weighted by molar-refractivity contribution is 5.43. The number of benzene rings is 1. The Kier molecular flexibility index (Phi) is 2.98. The summed E-state index contributed by atoms with van der Waals surface area (Å²) in [7, 11) is 1.69. The first kappa shape index (κ1) is 15.4. The van der Waals surface area contributed by atoms with Crippen LogP contribution in [0.25, 0.3) is 0 Å². The zero-order valence-electron chi connectivity index (χ0n) is 15.0. The van der Waals surface area contributed by atoms with Gasteiger partial charge in [-0.1, -0.05) is 23.4 Å². The van der Waals surface area contributed by atoms with E-state index < -0.39 is 0 Å². The van der Waals surface area contributed by atoms with Gasteiger partial charge in [0.25, 0.3) is 0 Å². The van der Waals surface area contributed by atoms with Gasteiger partial charge in [0.2, 0.25) is 5.89 Å². The van der Waals surface area contributed by atoms with Gasteiger partial charge in [-0.25, -0.2) is 0 Å². The van der Waals surface area contributed by atoms with Crippen molar-refractivity contribution < 1.29 is 14.0 Å². The third-order valence-electron chi connectivity index (χ3n) is 6.79. The summed E-state index contributed by atoms with van der Waals surface area (Å²) in [6, 6.07) is 8.04. The van der Waals surface area contributed by atoms with Gasteiger partial charge in [0.15, 0.2) is 5.82 Å². The number of aromatic nitrogens is 2. The second kappa shape index (κ2) is 4.85. The lowest BCUT2D eigenvalue weighted by Gasteiger charge is -2.43. The molecule has 1 aromatic heterocycles. The molecule has 1 spiro atoms. The molecule has 0 radical (unpaired) electrons. The van der Waals surface area contributed by atoms with Crippen molar-refractivity contribution >= 4 is 0 Å². The number of methoxy groups -OCH3 is 1. The summed E-state index contributed by atoms with van der Waals surface area (Å²) in [5, 5.41) is 4.38. The maximum Gasteiger partial charge on any atom is 0.236 e. The normalized spacial score (nSPS) is 29.3. The third kappa shape index (κ3) is 1.82. The zero-order chi connectivity index (χ0) is 17.3. The van der Waals surface area contributed by atoms with Gasteiger partial charge in [0.1, 0.15) is 5.75 Å². The molecule has 0 unspecified atom stereocenters. The Labute approximate surface area is 147 Å². The van der Waals surface area contributed by atoms with Crippen LogP contribution in [0.3, 0.4) is 0 Å². The molecule has 2 aliphatic carbocycles. The summed E-state index contributed by atoms with van der Waals surface area (Å²) in [4.78, 5) is 4.89. The molecule has 1 saturated heterocycles. The van der Waals surface area contributed by atoms with Crippen molar-refractivity contribution in [2.45, 2.75) is 56.0 Å². The Morgan fingerprint density at radius 3 is 2.72 bits per heavy atom. The van der Waals surface area contributed by atoms with Gasteiger partial charge >= 0.3 is 0 Å². The molecule has 5 heteroatoms. The lowest BCUT2D eigenvalue weighted by atomic mass is 9.68. The number of para-hydroxylation sites is 1. The summed E-state index contributed by atoms with van der Waals surface area (Å²) < 4.78 is 17.5. The van der Waals surface area contributed by atoms with Crippen LogP contribution in [0.15, 0.2) is 28.8 Å². The average Bonchev–Trinajstić information content (AvgIpc) is 2.98. The van der Waals surface area contributed by atoms with E-state index in [1.54, 1.807) is 7.11 Å². The standard InChI is InChI=1S/C20H24N2O3/c1-18(2,14-7-4-5-8-15(14)23-3)16-21-17(25-22-16)20-11-13(20)12-24-19(20)9-6-10-19/h4-5,7-8,13H,6,9-12H2,1-3H3/t13-,20-/m0/s1. The van der Waals surface area contributed by atoms with Crippen LogP contribution in [-0.4, -0.2) is 29.5 Å². The van der Waals surface area contributed by atoms with Gasteiger partial charge in [-0.2, -0.15) is 4.98 Å². The number of rotatable bonds is 4. The van der Waals surface area contributed by atoms with Gasteiger partial charge in [-0.05, 0) is 45.6 Å². The van der Waals surface area contributed by atoms with E-state index in [2.05, 4.69) is 25.1 Å². The number of nitrogens with zero attached hydrogens (tertiary/aromatic N) is 2. The Bertz CT molecular complexity index is 824. The minimum Gasteiger partial charge on any atom is -0.496 e. The first-order valence-electron chi connectivity index (χ1n) is 9.16. The molecule has 132 valence electrons. The lowest BCUT2D eigenvalue weighted by molar-refractivity contribution is -0.0960. The van der Waals surface area contributed by atoms with Gasteiger partial charge in [0, 0.05) is 11.5 Å². The molecule has 5 nitrogen and oxygen atoms in total. The van der Waals surface area contributed by atoms with Crippen LogP contribution in [0.5, 0.6) is 5.75 Å². The van der Waals surface area contributed by atoms with E-state index in [1.165, 1.54) is 6.42 Å². The molecule has 2 heterocycles. The first-order valence-corrected chi connectivity index (χ1v) is 9.16. The second-order valence-electron chi connectivity index (χ2n) is 8.28. The summed E-state index contributed by atoms with van der Waals surface area (Å²) in [6.45, 7) is 5.07. The molecule has 2 atom stereocenters. The van der Waals surface area contributed by atoms with E-state index in [9.17, 15) is 0 Å². The first-order chi connectivity index (χ1) is 12.0. The molecule has 25 heavy (non-hydrogen) atoms. The molecule has 2 saturated carbocycles. The van der Waals surface area contributed by atoms with Gasteiger partial charge < -0.3 is 14.0 Å². The molecule has 0 amide bonds. The molecule has 5 rings (SSSR count). The smallest absolute Gasteiger partial charge is 0.236 e. The molecular formula is C20H24N2O3. The number of ether oxygens (including phenoxy) is 2. The van der Waals surface area contributed by atoms with Gasteiger partial charge in [-0.15, -0.1) is 0 Å². The minimum absolute atomic E-state index is 0.0205. The maximum atomic E-state index is 6.16. The maximum absolute atomic E-state index is 6.16. The second-order valence-corrected chi connectivity index (χ2v) is 8.28. The van der Waals surface area contributed by atoms with Crippen molar-refractivity contribution in [3.8, 4) is 5.75 Å². The largest absolute Gasteiger partial charge is 0.496 e. The van der Waals surface area contributed by atoms with Crippen LogP contribution < -0.4 is 4.74 Å². The van der Waals surface area contributed by atoms with Crippen molar-refractivity contribution in [2.75, 3.05) is 13.7 Å². The molecule has 1 aromatic carbocycles. The molecular weight excluding hydrogens is 316 g/mol. The molecule has 0 N–H and O–H groups in total. The topological polar surface area (TPSA) is 57.4 Å². The fourth-order valence-corrected chi connectivity index (χ4v) is 4.96. The highest BCUT2D eigenvalue weighted by Gasteiger charge is 2.77. The Balaban J connectivity index is 1.53. The summed E-state index contributed by atoms with van der Waals surface area (Å²) in [5.74, 6) is 2.90. The predicted molar refractivity (Wildman–Crippen MR) is 91.7 cm³/mol. The Morgan fingerprint density at radius 2 is 2.04 bits per heavy atom. The number of fused-ring (bicyclic) bond motifs is 2. The third-order valence-corrected chi connectivity index (χ3v) is 6.79. The quantitative estimate of drug-likeness (QED) is 0.851. The lowest BCUT2D eigenvalue weighted by Crippen LogP contribution is -2.48. The van der Waals surface area contributed by atoms with E-state index in [-0.39, 0.29) is 16.4 Å². The predicted octanol–water partition coefficient (Wildman–Crippen LogP) is 3.61. The zero-order valence-corrected chi connectivity index (χ0v) is 15.0. The molecule has 2 aromatic rings. The minimum atomic E-state index is -0.387.